The quantitative estimate of drug-likeness (QED) is 0.621. The van der Waals surface area contributed by atoms with E-state index < -0.39 is 0 Å². The highest BCUT2D eigenvalue weighted by Gasteiger charge is 2.06. The van der Waals surface area contributed by atoms with Crippen molar-refractivity contribution in [2.45, 2.75) is 20.3 Å². The summed E-state index contributed by atoms with van der Waals surface area (Å²) >= 11 is 0. The van der Waals surface area contributed by atoms with Crippen molar-refractivity contribution >= 4 is 18.2 Å². The lowest BCUT2D eigenvalue weighted by molar-refractivity contribution is 0.690. The summed E-state index contributed by atoms with van der Waals surface area (Å²) in [6.07, 6.45) is 1.19. The molecule has 1 aliphatic rings. The van der Waals surface area contributed by atoms with E-state index in [1.807, 2.05) is 0 Å². The highest BCUT2D eigenvalue weighted by molar-refractivity contribution is 5.85. The van der Waals surface area contributed by atoms with E-state index >= 15 is 0 Å². The maximum atomic E-state index is 4.33. The van der Waals surface area contributed by atoms with Gasteiger partial charge in [0.2, 0.25) is 0 Å². The molecule has 1 heterocycles. The van der Waals surface area contributed by atoms with Crippen molar-refractivity contribution in [1.82, 2.24) is 5.32 Å². The fourth-order valence-corrected chi connectivity index (χ4v) is 0.938. The van der Waals surface area contributed by atoms with E-state index in [4.69, 9.17) is 0 Å². The Hall–Kier alpha value is -0.240. The molecule has 1 aliphatic heterocycles. The molecule has 0 amide bonds. The molecule has 1 N–H and O–H groups in total. The lowest BCUT2D eigenvalue weighted by Crippen LogP contribution is -2.32. The van der Waals surface area contributed by atoms with Gasteiger partial charge in [0.1, 0.15) is 0 Å². The summed E-state index contributed by atoms with van der Waals surface area (Å²) in [6.45, 7) is 6.45. The summed E-state index contributed by atoms with van der Waals surface area (Å²) in [4.78, 5) is 4.33. The summed E-state index contributed by atoms with van der Waals surface area (Å²) in [5, 5.41) is 3.27. The first kappa shape index (κ1) is 9.76. The molecule has 2 nitrogen and oxygen atoms in total. The molecule has 3 heteroatoms. The van der Waals surface area contributed by atoms with Gasteiger partial charge >= 0.3 is 0 Å². The SMILES string of the molecule is CC(C)C1=NCCCN1.Cl. The minimum atomic E-state index is 0. The van der Waals surface area contributed by atoms with E-state index in [9.17, 15) is 0 Å². The van der Waals surface area contributed by atoms with Crippen LogP contribution in [0.2, 0.25) is 0 Å². The van der Waals surface area contributed by atoms with Gasteiger partial charge in [-0.2, -0.15) is 0 Å². The summed E-state index contributed by atoms with van der Waals surface area (Å²) in [5.41, 5.74) is 0. The lowest BCUT2D eigenvalue weighted by atomic mass is 10.2. The molecule has 0 saturated carbocycles. The second kappa shape index (κ2) is 4.56. The molecule has 60 valence electrons. The smallest absolute Gasteiger partial charge is 0.0988 e. The Bertz CT molecular complexity index is 121. The van der Waals surface area contributed by atoms with Gasteiger partial charge in [0, 0.05) is 19.0 Å². The Labute approximate surface area is 68.5 Å². The Kier molecular flexibility index (Phi) is 4.45. The van der Waals surface area contributed by atoms with Gasteiger partial charge in [-0.3, -0.25) is 4.99 Å². The number of rotatable bonds is 1. The average molecular weight is 163 g/mol. The number of halogens is 1. The minimum Gasteiger partial charge on any atom is -0.374 e. The van der Waals surface area contributed by atoms with E-state index in [0.29, 0.717) is 5.92 Å². The molecule has 0 atom stereocenters. The molecule has 0 bridgehead atoms. The number of nitrogens with one attached hydrogen (secondary N) is 1. The van der Waals surface area contributed by atoms with Crippen LogP contribution in [0.3, 0.4) is 0 Å². The fourth-order valence-electron chi connectivity index (χ4n) is 0.938. The van der Waals surface area contributed by atoms with Crippen molar-refractivity contribution in [1.29, 1.82) is 0 Å². The summed E-state index contributed by atoms with van der Waals surface area (Å²) < 4.78 is 0. The first-order chi connectivity index (χ1) is 4.30. The zero-order valence-corrected chi connectivity index (χ0v) is 7.37. The number of aliphatic imine (C=N–C) groups is 1. The molecule has 0 aromatic carbocycles. The zero-order chi connectivity index (χ0) is 6.69. The third-order valence-corrected chi connectivity index (χ3v) is 1.47. The molecule has 0 aromatic heterocycles. The van der Waals surface area contributed by atoms with Crippen LogP contribution in [-0.2, 0) is 0 Å². The van der Waals surface area contributed by atoms with Crippen LogP contribution in [0.1, 0.15) is 20.3 Å². The monoisotopic (exact) mass is 162 g/mol. The van der Waals surface area contributed by atoms with E-state index in [-0.39, 0.29) is 12.4 Å². The molecule has 0 radical (unpaired) electrons. The Morgan fingerprint density at radius 2 is 2.20 bits per heavy atom. The Morgan fingerprint density at radius 3 is 2.50 bits per heavy atom. The highest BCUT2D eigenvalue weighted by Crippen LogP contribution is 1.98. The van der Waals surface area contributed by atoms with Crippen molar-refractivity contribution in [2.24, 2.45) is 10.9 Å². The second-order valence-corrected chi connectivity index (χ2v) is 2.70. The van der Waals surface area contributed by atoms with Gasteiger partial charge in [-0.25, -0.2) is 0 Å². The first-order valence-corrected chi connectivity index (χ1v) is 3.59. The minimum absolute atomic E-state index is 0. The van der Waals surface area contributed by atoms with Crippen molar-refractivity contribution < 1.29 is 0 Å². The van der Waals surface area contributed by atoms with Crippen LogP contribution in [-0.4, -0.2) is 18.9 Å². The molecule has 10 heavy (non-hydrogen) atoms. The average Bonchev–Trinajstić information content (AvgIpc) is 1.90. The molecule has 0 unspecified atom stereocenters. The van der Waals surface area contributed by atoms with Crippen LogP contribution >= 0.6 is 12.4 Å². The molecular weight excluding hydrogens is 148 g/mol. The van der Waals surface area contributed by atoms with Crippen LogP contribution in [0.4, 0.5) is 0 Å². The van der Waals surface area contributed by atoms with Gasteiger partial charge in [0.25, 0.3) is 0 Å². The lowest BCUT2D eigenvalue weighted by Gasteiger charge is -2.16. The Morgan fingerprint density at radius 1 is 1.50 bits per heavy atom. The van der Waals surface area contributed by atoms with E-state index in [0.717, 1.165) is 13.1 Å². The molecule has 1 rings (SSSR count). The molecule has 0 aliphatic carbocycles. The van der Waals surface area contributed by atoms with Crippen LogP contribution < -0.4 is 5.32 Å². The van der Waals surface area contributed by atoms with Gasteiger partial charge in [-0.15, -0.1) is 12.4 Å². The maximum Gasteiger partial charge on any atom is 0.0988 e. The van der Waals surface area contributed by atoms with Crippen LogP contribution in [0, 0.1) is 5.92 Å². The van der Waals surface area contributed by atoms with Gasteiger partial charge in [0.05, 0.1) is 5.84 Å². The summed E-state index contributed by atoms with van der Waals surface area (Å²) in [7, 11) is 0. The predicted molar refractivity (Wildman–Crippen MR) is 47.0 cm³/mol. The Balaban J connectivity index is 0.000000810. The van der Waals surface area contributed by atoms with Crippen LogP contribution in [0.5, 0.6) is 0 Å². The summed E-state index contributed by atoms with van der Waals surface area (Å²) in [5.74, 6) is 1.76. The zero-order valence-electron chi connectivity index (χ0n) is 6.55. The standard InChI is InChI=1S/C7H14N2.ClH/c1-6(2)7-8-4-3-5-9-7;/h6H,3-5H2,1-2H3,(H,8,9);1H. The third-order valence-electron chi connectivity index (χ3n) is 1.47. The van der Waals surface area contributed by atoms with E-state index in [2.05, 4.69) is 24.2 Å². The predicted octanol–water partition coefficient (Wildman–Crippen LogP) is 1.46. The molecule has 0 spiro atoms. The number of hydrogen-bond acceptors (Lipinski definition) is 2. The molecule has 0 fully saturated rings. The fraction of sp³-hybridized carbons (Fsp3) is 0.857. The maximum absolute atomic E-state index is 4.33. The van der Waals surface area contributed by atoms with Crippen molar-refractivity contribution in [3.05, 3.63) is 0 Å². The number of amidine groups is 1. The largest absolute Gasteiger partial charge is 0.374 e. The molecular formula is C7H15ClN2. The van der Waals surface area contributed by atoms with Crippen molar-refractivity contribution in [2.75, 3.05) is 13.1 Å². The summed E-state index contributed by atoms with van der Waals surface area (Å²) in [6, 6.07) is 0. The molecule has 0 saturated heterocycles. The molecule has 0 aromatic rings. The van der Waals surface area contributed by atoms with Gasteiger partial charge in [-0.1, -0.05) is 13.8 Å². The van der Waals surface area contributed by atoms with Gasteiger partial charge in [0.15, 0.2) is 0 Å². The third kappa shape index (κ3) is 2.56. The number of hydrogen-bond donors (Lipinski definition) is 1. The normalized spacial score (nSPS) is 17.3. The van der Waals surface area contributed by atoms with Gasteiger partial charge < -0.3 is 5.32 Å². The topological polar surface area (TPSA) is 24.4 Å². The van der Waals surface area contributed by atoms with E-state index in [1.54, 1.807) is 0 Å². The van der Waals surface area contributed by atoms with Gasteiger partial charge in [-0.05, 0) is 6.42 Å². The first-order valence-electron chi connectivity index (χ1n) is 3.59. The van der Waals surface area contributed by atoms with Crippen molar-refractivity contribution in [3.8, 4) is 0 Å². The van der Waals surface area contributed by atoms with Crippen LogP contribution in [0.25, 0.3) is 0 Å². The van der Waals surface area contributed by atoms with E-state index in [1.165, 1.54) is 12.3 Å². The number of nitrogens with zero attached hydrogens (tertiary/aromatic N) is 1. The van der Waals surface area contributed by atoms with Crippen LogP contribution in [0.15, 0.2) is 4.99 Å². The van der Waals surface area contributed by atoms with Crippen molar-refractivity contribution in [3.63, 3.8) is 0 Å². The second-order valence-electron chi connectivity index (χ2n) is 2.70. The highest BCUT2D eigenvalue weighted by atomic mass is 35.5.